The van der Waals surface area contributed by atoms with E-state index in [1.807, 2.05) is 6.92 Å². The molecular weight excluding hydrogens is 316 g/mol. The molecule has 120 valence electrons. The number of amides is 2. The molecule has 0 atom stereocenters. The van der Waals surface area contributed by atoms with E-state index in [2.05, 4.69) is 10.6 Å². The van der Waals surface area contributed by atoms with Gasteiger partial charge in [-0.3, -0.25) is 9.59 Å². The zero-order valence-electron chi connectivity index (χ0n) is 12.9. The van der Waals surface area contributed by atoms with Crippen LogP contribution < -0.4 is 15.4 Å². The molecule has 0 aliphatic carbocycles. The molecule has 5 nitrogen and oxygen atoms in total. The highest BCUT2D eigenvalue weighted by Gasteiger charge is 2.12. The molecule has 2 aromatic carbocycles. The molecule has 0 unspecified atom stereocenters. The summed E-state index contributed by atoms with van der Waals surface area (Å²) in [5.41, 5.74) is 1.68. The molecule has 2 amide bonds. The first-order valence-corrected chi connectivity index (χ1v) is 7.39. The van der Waals surface area contributed by atoms with E-state index in [-0.39, 0.29) is 18.4 Å². The summed E-state index contributed by atoms with van der Waals surface area (Å²) in [5, 5.41) is 5.82. The summed E-state index contributed by atoms with van der Waals surface area (Å²) in [4.78, 5) is 23.8. The fourth-order valence-electron chi connectivity index (χ4n) is 2.03. The number of rotatable bonds is 5. The Morgan fingerprint density at radius 3 is 2.61 bits per heavy atom. The second kappa shape index (κ2) is 7.65. The maximum absolute atomic E-state index is 12.0. The number of hydrogen-bond donors (Lipinski definition) is 2. The Morgan fingerprint density at radius 2 is 1.91 bits per heavy atom. The van der Waals surface area contributed by atoms with Crippen LogP contribution in [0.5, 0.6) is 5.75 Å². The molecular formula is C17H17ClN2O3. The van der Waals surface area contributed by atoms with Crippen molar-refractivity contribution >= 4 is 29.1 Å². The van der Waals surface area contributed by atoms with E-state index in [1.165, 1.54) is 7.05 Å². The van der Waals surface area contributed by atoms with Crippen LogP contribution in [0.15, 0.2) is 42.5 Å². The van der Waals surface area contributed by atoms with Gasteiger partial charge in [0.2, 0.25) is 0 Å². The summed E-state index contributed by atoms with van der Waals surface area (Å²) < 4.78 is 5.48. The third-order valence-corrected chi connectivity index (χ3v) is 3.40. The molecule has 2 rings (SSSR count). The lowest BCUT2D eigenvalue weighted by molar-refractivity contribution is -0.118. The fraction of sp³-hybridized carbons (Fsp3) is 0.176. The maximum atomic E-state index is 12.0. The Morgan fingerprint density at radius 1 is 1.17 bits per heavy atom. The number of carbonyl (C=O) groups excluding carboxylic acids is 2. The maximum Gasteiger partial charge on any atom is 0.262 e. The van der Waals surface area contributed by atoms with Crippen molar-refractivity contribution in [1.82, 2.24) is 5.32 Å². The summed E-state index contributed by atoms with van der Waals surface area (Å²) in [5.74, 6) is -0.0322. The first-order chi connectivity index (χ1) is 11.0. The lowest BCUT2D eigenvalue weighted by Crippen LogP contribution is -2.24. The molecule has 0 fully saturated rings. The highest BCUT2D eigenvalue weighted by molar-refractivity contribution is 6.30. The van der Waals surface area contributed by atoms with Gasteiger partial charge in [0.15, 0.2) is 6.61 Å². The average Bonchev–Trinajstić information content (AvgIpc) is 2.54. The van der Waals surface area contributed by atoms with Gasteiger partial charge in [-0.2, -0.15) is 0 Å². The molecule has 0 radical (unpaired) electrons. The van der Waals surface area contributed by atoms with Gasteiger partial charge in [-0.05, 0) is 42.8 Å². The van der Waals surface area contributed by atoms with Crippen LogP contribution in [-0.2, 0) is 4.79 Å². The van der Waals surface area contributed by atoms with Gasteiger partial charge < -0.3 is 15.4 Å². The van der Waals surface area contributed by atoms with Gasteiger partial charge in [0.25, 0.3) is 11.8 Å². The van der Waals surface area contributed by atoms with Gasteiger partial charge >= 0.3 is 0 Å². The molecule has 2 aromatic rings. The molecule has 0 aliphatic rings. The van der Waals surface area contributed by atoms with E-state index in [0.717, 1.165) is 5.56 Å². The summed E-state index contributed by atoms with van der Waals surface area (Å²) >= 11 is 5.88. The SMILES string of the molecule is CNC(=O)c1ccccc1NC(=O)COc1ccc(Cl)cc1C. The molecule has 2 N–H and O–H groups in total. The number of para-hydroxylation sites is 1. The Hall–Kier alpha value is -2.53. The number of anilines is 1. The Kier molecular flexibility index (Phi) is 5.60. The highest BCUT2D eigenvalue weighted by atomic mass is 35.5. The van der Waals surface area contributed by atoms with Crippen molar-refractivity contribution in [2.45, 2.75) is 6.92 Å². The van der Waals surface area contributed by atoms with Crippen molar-refractivity contribution in [2.75, 3.05) is 19.0 Å². The molecule has 23 heavy (non-hydrogen) atoms. The number of ether oxygens (including phenoxy) is 1. The van der Waals surface area contributed by atoms with Crippen LogP contribution in [0, 0.1) is 6.92 Å². The summed E-state index contributed by atoms with van der Waals surface area (Å²) in [6.07, 6.45) is 0. The van der Waals surface area contributed by atoms with Crippen LogP contribution >= 0.6 is 11.6 Å². The van der Waals surface area contributed by atoms with Crippen molar-refractivity contribution in [2.24, 2.45) is 0 Å². The lowest BCUT2D eigenvalue weighted by atomic mass is 10.1. The smallest absolute Gasteiger partial charge is 0.262 e. The minimum atomic E-state index is -0.351. The second-order valence-electron chi connectivity index (χ2n) is 4.87. The topological polar surface area (TPSA) is 67.4 Å². The summed E-state index contributed by atoms with van der Waals surface area (Å²) in [7, 11) is 1.54. The minimum Gasteiger partial charge on any atom is -0.483 e. The summed E-state index contributed by atoms with van der Waals surface area (Å²) in [6, 6.07) is 11.9. The fourth-order valence-corrected chi connectivity index (χ4v) is 2.26. The van der Waals surface area contributed by atoms with Gasteiger partial charge in [0.1, 0.15) is 5.75 Å². The number of nitrogens with one attached hydrogen (secondary N) is 2. The molecule has 0 saturated carbocycles. The van der Waals surface area contributed by atoms with Crippen molar-refractivity contribution < 1.29 is 14.3 Å². The number of aryl methyl sites for hydroxylation is 1. The van der Waals surface area contributed by atoms with Crippen molar-refractivity contribution in [3.8, 4) is 5.75 Å². The van der Waals surface area contributed by atoms with E-state index >= 15 is 0 Å². The number of benzene rings is 2. The van der Waals surface area contributed by atoms with Gasteiger partial charge in [-0.15, -0.1) is 0 Å². The van der Waals surface area contributed by atoms with E-state index in [0.29, 0.717) is 22.0 Å². The molecule has 0 bridgehead atoms. The van der Waals surface area contributed by atoms with E-state index in [9.17, 15) is 9.59 Å². The van der Waals surface area contributed by atoms with Gasteiger partial charge in [-0.1, -0.05) is 23.7 Å². The minimum absolute atomic E-state index is 0.162. The second-order valence-corrected chi connectivity index (χ2v) is 5.31. The predicted molar refractivity (Wildman–Crippen MR) is 90.1 cm³/mol. The van der Waals surface area contributed by atoms with Crippen LogP contribution in [0.4, 0.5) is 5.69 Å². The van der Waals surface area contributed by atoms with Gasteiger partial charge in [-0.25, -0.2) is 0 Å². The Bertz CT molecular complexity index is 732. The number of hydrogen-bond acceptors (Lipinski definition) is 3. The van der Waals surface area contributed by atoms with Crippen LogP contribution in [-0.4, -0.2) is 25.5 Å². The van der Waals surface area contributed by atoms with Crippen LogP contribution in [0.2, 0.25) is 5.02 Å². The van der Waals surface area contributed by atoms with Gasteiger partial charge in [0, 0.05) is 12.1 Å². The zero-order chi connectivity index (χ0) is 16.8. The molecule has 0 saturated heterocycles. The quantitative estimate of drug-likeness (QED) is 0.884. The van der Waals surface area contributed by atoms with E-state index in [1.54, 1.807) is 42.5 Å². The van der Waals surface area contributed by atoms with Gasteiger partial charge in [0.05, 0.1) is 11.3 Å². The summed E-state index contributed by atoms with van der Waals surface area (Å²) in [6.45, 7) is 1.69. The van der Waals surface area contributed by atoms with Crippen molar-refractivity contribution in [1.29, 1.82) is 0 Å². The molecule has 0 spiro atoms. The lowest BCUT2D eigenvalue weighted by Gasteiger charge is -2.12. The molecule has 0 heterocycles. The number of carbonyl (C=O) groups is 2. The average molecular weight is 333 g/mol. The van der Waals surface area contributed by atoms with Crippen LogP contribution in [0.1, 0.15) is 15.9 Å². The van der Waals surface area contributed by atoms with Crippen molar-refractivity contribution in [3.63, 3.8) is 0 Å². The number of halogens is 1. The monoisotopic (exact) mass is 332 g/mol. The largest absolute Gasteiger partial charge is 0.483 e. The van der Waals surface area contributed by atoms with E-state index in [4.69, 9.17) is 16.3 Å². The zero-order valence-corrected chi connectivity index (χ0v) is 13.6. The van der Waals surface area contributed by atoms with E-state index < -0.39 is 0 Å². The van der Waals surface area contributed by atoms with Crippen LogP contribution in [0.25, 0.3) is 0 Å². The molecule has 0 aliphatic heterocycles. The third-order valence-electron chi connectivity index (χ3n) is 3.17. The Labute approximate surface area is 139 Å². The third kappa shape index (κ3) is 4.47. The standard InChI is InChI=1S/C17H17ClN2O3/c1-11-9-12(18)7-8-15(11)23-10-16(21)20-14-6-4-3-5-13(14)17(22)19-2/h3-9H,10H2,1-2H3,(H,19,22)(H,20,21). The Balaban J connectivity index is 2.01. The van der Waals surface area contributed by atoms with Crippen molar-refractivity contribution in [3.05, 3.63) is 58.6 Å². The van der Waals surface area contributed by atoms with Crippen LogP contribution in [0.3, 0.4) is 0 Å². The first kappa shape index (κ1) is 16.8. The first-order valence-electron chi connectivity index (χ1n) is 7.01. The normalized spacial score (nSPS) is 10.0. The molecule has 6 heteroatoms. The molecule has 0 aromatic heterocycles. The predicted octanol–water partition coefficient (Wildman–Crippen LogP) is 3.03. The highest BCUT2D eigenvalue weighted by Crippen LogP contribution is 2.22.